The largest absolute Gasteiger partial charge is 0.291 e. The first kappa shape index (κ1) is 26.4. The first-order valence-corrected chi connectivity index (χ1v) is 12.3. The summed E-state index contributed by atoms with van der Waals surface area (Å²) < 4.78 is 0. The number of hydrogen-bond donors (Lipinski definition) is 0. The highest BCUT2D eigenvalue weighted by Crippen LogP contribution is 2.35. The van der Waals surface area contributed by atoms with Gasteiger partial charge in [0.2, 0.25) is 0 Å². The molecule has 0 N–H and O–H groups in total. The van der Waals surface area contributed by atoms with E-state index in [1.165, 1.54) is 12.1 Å². The fraction of sp³-hybridized carbons (Fsp3) is 0.0714. The number of carbonyl (C=O) groups excluding carboxylic acids is 2. The van der Waals surface area contributed by atoms with Gasteiger partial charge in [-0.2, -0.15) is 0 Å². The summed E-state index contributed by atoms with van der Waals surface area (Å²) >= 11 is 24.9. The normalized spacial score (nSPS) is 12.7. The molecule has 0 aromatic heterocycles. The standard InChI is InChI=1S/C28H18Cl4O4/c29-19-11-13-21(23(31)15-19)27(25(33)17-7-3-1-4-8-17)35-36-28(22-14-12-20(30)16-24(22)32)26(34)18-9-5-2-6-10-18/h1-16,27-28H. The lowest BCUT2D eigenvalue weighted by molar-refractivity contribution is -0.333. The van der Waals surface area contributed by atoms with Gasteiger partial charge in [-0.25, -0.2) is 9.78 Å². The fourth-order valence-corrected chi connectivity index (χ4v) is 4.54. The monoisotopic (exact) mass is 558 g/mol. The van der Waals surface area contributed by atoms with Crippen molar-refractivity contribution in [3.8, 4) is 0 Å². The number of halogens is 4. The Kier molecular flexibility index (Phi) is 8.81. The van der Waals surface area contributed by atoms with Crippen LogP contribution >= 0.6 is 46.4 Å². The molecule has 4 nitrogen and oxygen atoms in total. The minimum absolute atomic E-state index is 0.204. The molecule has 0 saturated carbocycles. The van der Waals surface area contributed by atoms with Crippen molar-refractivity contribution in [1.29, 1.82) is 0 Å². The SMILES string of the molecule is O=C(c1ccccc1)C(OOC(C(=O)c1ccccc1)c1ccc(Cl)cc1Cl)c1ccc(Cl)cc1Cl. The molecular formula is C28H18Cl4O4. The summed E-state index contributed by atoms with van der Waals surface area (Å²) in [4.78, 5) is 38.4. The smallest absolute Gasteiger partial charge is 0.199 e. The minimum atomic E-state index is -1.30. The van der Waals surface area contributed by atoms with Gasteiger partial charge in [0, 0.05) is 42.3 Å². The maximum Gasteiger partial charge on any atom is 0.199 e. The molecule has 4 aromatic rings. The van der Waals surface area contributed by atoms with Crippen LogP contribution in [0.4, 0.5) is 0 Å². The second kappa shape index (κ2) is 12.0. The van der Waals surface area contributed by atoms with Crippen LogP contribution in [0.2, 0.25) is 20.1 Å². The number of benzene rings is 4. The Morgan fingerprint density at radius 3 is 1.22 bits per heavy atom. The van der Waals surface area contributed by atoms with E-state index < -0.39 is 23.8 Å². The van der Waals surface area contributed by atoms with Gasteiger partial charge in [-0.3, -0.25) is 9.59 Å². The Morgan fingerprint density at radius 2 is 0.889 bits per heavy atom. The molecule has 0 saturated heterocycles. The summed E-state index contributed by atoms with van der Waals surface area (Å²) in [6, 6.07) is 26.4. The zero-order valence-electron chi connectivity index (χ0n) is 18.5. The molecule has 0 aliphatic carbocycles. The number of carbonyl (C=O) groups is 2. The molecule has 4 rings (SSSR count). The lowest BCUT2D eigenvalue weighted by atomic mass is 9.99. The van der Waals surface area contributed by atoms with E-state index in [2.05, 4.69) is 0 Å². The van der Waals surface area contributed by atoms with E-state index in [0.717, 1.165) is 0 Å². The summed E-state index contributed by atoms with van der Waals surface area (Å²) in [5.74, 6) is -0.846. The summed E-state index contributed by atoms with van der Waals surface area (Å²) in [5, 5.41) is 1.19. The maximum atomic E-state index is 13.5. The van der Waals surface area contributed by atoms with Crippen molar-refractivity contribution in [3.63, 3.8) is 0 Å². The summed E-state index contributed by atoms with van der Waals surface area (Å²) in [6.45, 7) is 0. The predicted octanol–water partition coefficient (Wildman–Crippen LogP) is 8.80. The molecule has 2 unspecified atom stereocenters. The van der Waals surface area contributed by atoms with Crippen LogP contribution in [0.5, 0.6) is 0 Å². The molecule has 0 aliphatic rings. The van der Waals surface area contributed by atoms with Crippen molar-refractivity contribution in [2.75, 3.05) is 0 Å². The van der Waals surface area contributed by atoms with Crippen LogP contribution in [0.3, 0.4) is 0 Å². The fourth-order valence-electron chi connectivity index (χ4n) is 3.52. The van der Waals surface area contributed by atoms with Gasteiger partial charge in [0.25, 0.3) is 0 Å². The summed E-state index contributed by atoms with van der Waals surface area (Å²) in [5.41, 5.74) is 1.38. The van der Waals surface area contributed by atoms with Crippen LogP contribution in [0, 0.1) is 0 Å². The van der Waals surface area contributed by atoms with E-state index in [-0.39, 0.29) is 10.0 Å². The molecule has 4 aromatic carbocycles. The number of rotatable bonds is 9. The molecule has 0 radical (unpaired) electrons. The lowest BCUT2D eigenvalue weighted by Crippen LogP contribution is -2.22. The van der Waals surface area contributed by atoms with Gasteiger partial charge in [0.1, 0.15) is 0 Å². The van der Waals surface area contributed by atoms with Gasteiger partial charge in [-0.15, -0.1) is 0 Å². The van der Waals surface area contributed by atoms with Crippen molar-refractivity contribution in [1.82, 2.24) is 0 Å². The Morgan fingerprint density at radius 1 is 0.528 bits per heavy atom. The van der Waals surface area contributed by atoms with Gasteiger partial charge < -0.3 is 0 Å². The van der Waals surface area contributed by atoms with Crippen molar-refractivity contribution >= 4 is 58.0 Å². The third kappa shape index (κ3) is 6.16. The molecule has 0 amide bonds. The van der Waals surface area contributed by atoms with E-state index in [1.807, 2.05) is 0 Å². The van der Waals surface area contributed by atoms with Crippen molar-refractivity contribution in [2.24, 2.45) is 0 Å². The first-order valence-electron chi connectivity index (χ1n) is 10.8. The van der Waals surface area contributed by atoms with Crippen LogP contribution < -0.4 is 0 Å². The predicted molar refractivity (Wildman–Crippen MR) is 142 cm³/mol. The molecule has 0 spiro atoms. The first-order chi connectivity index (χ1) is 17.3. The van der Waals surface area contributed by atoms with Crippen LogP contribution in [0.15, 0.2) is 97.1 Å². The van der Waals surface area contributed by atoms with Crippen LogP contribution in [0.1, 0.15) is 44.1 Å². The van der Waals surface area contributed by atoms with Crippen LogP contribution in [0.25, 0.3) is 0 Å². The number of hydrogen-bond acceptors (Lipinski definition) is 4. The van der Waals surface area contributed by atoms with E-state index in [9.17, 15) is 9.59 Å². The Labute approximate surface area is 228 Å². The summed E-state index contributed by atoms with van der Waals surface area (Å²) in [7, 11) is 0. The van der Waals surface area contributed by atoms with Gasteiger partial charge >= 0.3 is 0 Å². The topological polar surface area (TPSA) is 52.6 Å². The zero-order chi connectivity index (χ0) is 25.7. The Bertz CT molecular complexity index is 1270. The van der Waals surface area contributed by atoms with Gasteiger partial charge in [0.05, 0.1) is 0 Å². The minimum Gasteiger partial charge on any atom is -0.291 e. The average Bonchev–Trinajstić information content (AvgIpc) is 2.88. The molecule has 36 heavy (non-hydrogen) atoms. The quantitative estimate of drug-likeness (QED) is 0.117. The highest BCUT2D eigenvalue weighted by Gasteiger charge is 2.32. The molecule has 2 atom stereocenters. The van der Waals surface area contributed by atoms with Gasteiger partial charge in [-0.05, 0) is 24.3 Å². The second-order valence-corrected chi connectivity index (χ2v) is 9.43. The number of Topliss-reactive ketones (excluding diaryl/α,β-unsaturated/α-hetero) is 2. The highest BCUT2D eigenvalue weighted by atomic mass is 35.5. The Hall–Kier alpha value is -2.70. The molecule has 0 aliphatic heterocycles. The highest BCUT2D eigenvalue weighted by molar-refractivity contribution is 6.36. The molecule has 0 bridgehead atoms. The van der Waals surface area contributed by atoms with Crippen LogP contribution in [-0.4, -0.2) is 11.6 Å². The van der Waals surface area contributed by atoms with E-state index in [1.54, 1.807) is 84.9 Å². The third-order valence-electron chi connectivity index (χ3n) is 5.33. The van der Waals surface area contributed by atoms with Gasteiger partial charge in [-0.1, -0.05) is 119 Å². The van der Waals surface area contributed by atoms with Crippen LogP contribution in [-0.2, 0) is 9.78 Å². The Balaban J connectivity index is 1.73. The number of ketones is 2. The molecule has 8 heteroatoms. The molecule has 0 fully saturated rings. The van der Waals surface area contributed by atoms with Gasteiger partial charge in [0.15, 0.2) is 23.8 Å². The molecule has 182 valence electrons. The van der Waals surface area contributed by atoms with E-state index in [4.69, 9.17) is 56.2 Å². The van der Waals surface area contributed by atoms with E-state index >= 15 is 0 Å². The van der Waals surface area contributed by atoms with Crippen molar-refractivity contribution < 1.29 is 19.4 Å². The maximum absolute atomic E-state index is 13.5. The molecular weight excluding hydrogens is 542 g/mol. The van der Waals surface area contributed by atoms with Crippen molar-refractivity contribution in [3.05, 3.63) is 139 Å². The average molecular weight is 560 g/mol. The molecule has 0 heterocycles. The lowest BCUT2D eigenvalue weighted by Gasteiger charge is -2.22. The third-order valence-corrected chi connectivity index (χ3v) is 6.46. The van der Waals surface area contributed by atoms with Crippen molar-refractivity contribution in [2.45, 2.75) is 12.2 Å². The van der Waals surface area contributed by atoms with E-state index in [0.29, 0.717) is 32.3 Å². The zero-order valence-corrected chi connectivity index (χ0v) is 21.6. The summed E-state index contributed by atoms with van der Waals surface area (Å²) in [6.07, 6.45) is -2.59. The second-order valence-electron chi connectivity index (χ2n) is 7.74.